The molecule has 3 fully saturated rings. The number of nitrogens with zero attached hydrogens (tertiary/aromatic N) is 2. The average molecular weight is 460 g/mol. The summed E-state index contributed by atoms with van der Waals surface area (Å²) in [4.78, 5) is 30.3. The molecule has 8 nitrogen and oxygen atoms in total. The van der Waals surface area contributed by atoms with Gasteiger partial charge in [0.2, 0.25) is 17.6 Å². The van der Waals surface area contributed by atoms with Crippen LogP contribution in [0.25, 0.3) is 0 Å². The van der Waals surface area contributed by atoms with E-state index in [9.17, 15) is 9.59 Å². The Morgan fingerprint density at radius 2 is 1.79 bits per heavy atom. The Hall–Kier alpha value is -2.48. The number of rotatable bonds is 7. The number of carbonyl (C=O) groups is 2. The third kappa shape index (κ3) is 4.50. The number of piperidine rings is 2. The van der Waals surface area contributed by atoms with Crippen molar-refractivity contribution in [3.8, 4) is 17.2 Å². The predicted molar refractivity (Wildman–Crippen MR) is 125 cm³/mol. The van der Waals surface area contributed by atoms with Crippen molar-refractivity contribution in [3.05, 3.63) is 17.7 Å². The van der Waals surface area contributed by atoms with E-state index in [0.29, 0.717) is 35.8 Å². The van der Waals surface area contributed by atoms with Crippen LogP contribution < -0.4 is 19.5 Å². The van der Waals surface area contributed by atoms with Crippen LogP contribution in [0.5, 0.6) is 17.2 Å². The lowest BCUT2D eigenvalue weighted by Crippen LogP contribution is -2.51. The lowest BCUT2D eigenvalue weighted by molar-refractivity contribution is -0.128. The largest absolute Gasteiger partial charge is 0.493 e. The van der Waals surface area contributed by atoms with Crippen LogP contribution in [0.1, 0.15) is 50.1 Å². The molecular weight excluding hydrogens is 422 g/mol. The standard InChI is InChI=1S/C25H37N3O5/c1-27-21(29)14-18(22(27)17-10-11-20(31-2)24(33-4)23(17)32-3)25(30)26-15-16-8-7-13-28-12-6-5-9-19(16)28/h10-11,16,18-19,22H,5-9,12-15H2,1-4H3,(H,26,30)/t16-,18-,19+,22-/m0/s1. The molecular formula is C25H37N3O5. The highest BCUT2D eigenvalue weighted by atomic mass is 16.5. The van der Waals surface area contributed by atoms with E-state index in [1.807, 2.05) is 6.07 Å². The molecule has 182 valence electrons. The molecule has 4 rings (SSSR count). The van der Waals surface area contributed by atoms with E-state index < -0.39 is 12.0 Å². The van der Waals surface area contributed by atoms with Gasteiger partial charge < -0.3 is 29.3 Å². The van der Waals surface area contributed by atoms with Crippen molar-refractivity contribution in [2.24, 2.45) is 11.8 Å². The van der Waals surface area contributed by atoms with E-state index in [0.717, 1.165) is 12.0 Å². The van der Waals surface area contributed by atoms with E-state index in [-0.39, 0.29) is 18.2 Å². The fourth-order valence-corrected chi connectivity index (χ4v) is 6.07. The smallest absolute Gasteiger partial charge is 0.226 e. The van der Waals surface area contributed by atoms with Gasteiger partial charge in [-0.1, -0.05) is 6.42 Å². The minimum absolute atomic E-state index is 0.0480. The highest BCUT2D eigenvalue weighted by molar-refractivity contribution is 5.90. The molecule has 3 saturated heterocycles. The van der Waals surface area contributed by atoms with Gasteiger partial charge in [-0.05, 0) is 56.8 Å². The van der Waals surface area contributed by atoms with E-state index in [2.05, 4.69) is 10.2 Å². The molecule has 1 aromatic carbocycles. The number of nitrogens with one attached hydrogen (secondary N) is 1. The molecule has 3 heterocycles. The van der Waals surface area contributed by atoms with Crippen LogP contribution in [0.4, 0.5) is 0 Å². The van der Waals surface area contributed by atoms with Gasteiger partial charge in [-0.25, -0.2) is 0 Å². The second-order valence-corrected chi connectivity index (χ2v) is 9.43. The summed E-state index contributed by atoms with van der Waals surface area (Å²) in [5, 5.41) is 3.22. The zero-order valence-electron chi connectivity index (χ0n) is 20.3. The van der Waals surface area contributed by atoms with Crippen LogP contribution in [0.3, 0.4) is 0 Å². The fourth-order valence-electron chi connectivity index (χ4n) is 6.07. The van der Waals surface area contributed by atoms with Crippen molar-refractivity contribution < 1.29 is 23.8 Å². The summed E-state index contributed by atoms with van der Waals surface area (Å²) in [7, 11) is 6.43. The Labute approximate surface area is 196 Å². The van der Waals surface area contributed by atoms with Gasteiger partial charge in [-0.3, -0.25) is 9.59 Å². The summed E-state index contributed by atoms with van der Waals surface area (Å²) in [6.07, 6.45) is 6.29. The molecule has 2 amide bonds. The number of hydrogen-bond donors (Lipinski definition) is 1. The number of benzene rings is 1. The van der Waals surface area contributed by atoms with Crippen LogP contribution in [0, 0.1) is 11.8 Å². The highest BCUT2D eigenvalue weighted by Gasteiger charge is 2.45. The molecule has 0 aliphatic carbocycles. The molecule has 0 aromatic heterocycles. The minimum atomic E-state index is -0.486. The second kappa shape index (κ2) is 10.2. The lowest BCUT2D eigenvalue weighted by Gasteiger charge is -2.44. The van der Waals surface area contributed by atoms with Crippen molar-refractivity contribution in [1.82, 2.24) is 15.1 Å². The fraction of sp³-hybridized carbons (Fsp3) is 0.680. The number of ether oxygens (including phenoxy) is 3. The lowest BCUT2D eigenvalue weighted by atomic mass is 9.83. The SMILES string of the molecule is COc1ccc([C@H]2[C@@H](C(=O)NC[C@@H]3CCCN4CCCC[C@H]34)CC(=O)N2C)c(OC)c1OC. The van der Waals surface area contributed by atoms with Gasteiger partial charge in [-0.15, -0.1) is 0 Å². The van der Waals surface area contributed by atoms with E-state index in [1.165, 1.54) is 38.8 Å². The summed E-state index contributed by atoms with van der Waals surface area (Å²) < 4.78 is 16.6. The van der Waals surface area contributed by atoms with Gasteiger partial charge in [-0.2, -0.15) is 0 Å². The maximum absolute atomic E-state index is 13.4. The summed E-state index contributed by atoms with van der Waals surface area (Å²) >= 11 is 0. The predicted octanol–water partition coefficient (Wildman–Crippen LogP) is 2.61. The van der Waals surface area contributed by atoms with E-state index in [1.54, 1.807) is 39.3 Å². The second-order valence-electron chi connectivity index (χ2n) is 9.43. The molecule has 8 heteroatoms. The molecule has 0 radical (unpaired) electrons. The molecule has 1 aromatic rings. The molecule has 0 saturated carbocycles. The van der Waals surface area contributed by atoms with Gasteiger partial charge in [0.25, 0.3) is 0 Å². The maximum Gasteiger partial charge on any atom is 0.226 e. The summed E-state index contributed by atoms with van der Waals surface area (Å²) in [6, 6.07) is 3.80. The number of methoxy groups -OCH3 is 3. The van der Waals surface area contributed by atoms with Crippen LogP contribution >= 0.6 is 0 Å². The zero-order chi connectivity index (χ0) is 23.5. The quantitative estimate of drug-likeness (QED) is 0.675. The van der Waals surface area contributed by atoms with Crippen molar-refractivity contribution in [2.45, 2.75) is 50.6 Å². The number of likely N-dealkylation sites (tertiary alicyclic amines) is 1. The Balaban J connectivity index is 1.53. The van der Waals surface area contributed by atoms with Crippen molar-refractivity contribution >= 4 is 11.8 Å². The number of hydrogen-bond acceptors (Lipinski definition) is 6. The van der Waals surface area contributed by atoms with Gasteiger partial charge in [0, 0.05) is 31.6 Å². The molecule has 0 unspecified atom stereocenters. The molecule has 1 N–H and O–H groups in total. The Morgan fingerprint density at radius 1 is 1.03 bits per heavy atom. The van der Waals surface area contributed by atoms with Gasteiger partial charge in [0.15, 0.2) is 11.5 Å². The average Bonchev–Trinajstić information content (AvgIpc) is 3.15. The van der Waals surface area contributed by atoms with Crippen LogP contribution in [0.15, 0.2) is 12.1 Å². The van der Waals surface area contributed by atoms with Crippen LogP contribution in [-0.2, 0) is 9.59 Å². The molecule has 3 aliphatic rings. The van der Waals surface area contributed by atoms with Crippen molar-refractivity contribution in [1.29, 1.82) is 0 Å². The van der Waals surface area contributed by atoms with Crippen molar-refractivity contribution in [2.75, 3.05) is 48.0 Å². The normalized spacial score (nSPS) is 27.8. The van der Waals surface area contributed by atoms with E-state index in [4.69, 9.17) is 14.2 Å². The third-order valence-corrected chi connectivity index (χ3v) is 7.74. The first-order chi connectivity index (χ1) is 16.0. The first-order valence-electron chi connectivity index (χ1n) is 12.1. The van der Waals surface area contributed by atoms with E-state index >= 15 is 0 Å². The third-order valence-electron chi connectivity index (χ3n) is 7.74. The minimum Gasteiger partial charge on any atom is -0.493 e. The summed E-state index contributed by atoms with van der Waals surface area (Å²) in [6.45, 7) is 3.03. The topological polar surface area (TPSA) is 80.3 Å². The Morgan fingerprint density at radius 3 is 2.52 bits per heavy atom. The monoisotopic (exact) mass is 459 g/mol. The highest BCUT2D eigenvalue weighted by Crippen LogP contribution is 2.47. The summed E-state index contributed by atoms with van der Waals surface area (Å²) in [5.74, 6) is 1.37. The molecule has 0 bridgehead atoms. The molecule has 0 spiro atoms. The van der Waals surface area contributed by atoms with Gasteiger partial charge in [0.05, 0.1) is 33.3 Å². The van der Waals surface area contributed by atoms with Crippen LogP contribution in [-0.4, -0.2) is 75.7 Å². The molecule has 3 aliphatic heterocycles. The number of carbonyl (C=O) groups excluding carboxylic acids is 2. The first-order valence-corrected chi connectivity index (χ1v) is 12.1. The number of fused-ring (bicyclic) bond motifs is 1. The summed E-state index contributed by atoms with van der Waals surface area (Å²) in [5.41, 5.74) is 0.750. The molecule has 33 heavy (non-hydrogen) atoms. The number of amides is 2. The van der Waals surface area contributed by atoms with Crippen LogP contribution in [0.2, 0.25) is 0 Å². The van der Waals surface area contributed by atoms with Gasteiger partial charge in [0.1, 0.15) is 0 Å². The Kier molecular flexibility index (Phi) is 7.32. The van der Waals surface area contributed by atoms with Gasteiger partial charge >= 0.3 is 0 Å². The first kappa shape index (κ1) is 23.7. The Bertz CT molecular complexity index is 874. The maximum atomic E-state index is 13.4. The zero-order valence-corrected chi connectivity index (χ0v) is 20.3. The van der Waals surface area contributed by atoms with Crippen molar-refractivity contribution in [3.63, 3.8) is 0 Å². The molecule has 4 atom stereocenters.